The molecule has 0 radical (unpaired) electrons. The number of nitrogens with zero attached hydrogens (tertiary/aromatic N) is 1. The second kappa shape index (κ2) is 6.75. The number of likely N-dealkylation sites (tertiary alicyclic amines) is 1. The van der Waals surface area contributed by atoms with Gasteiger partial charge in [-0.2, -0.15) is 0 Å². The van der Waals surface area contributed by atoms with Crippen molar-refractivity contribution >= 4 is 33.2 Å². The molecule has 1 atom stereocenters. The van der Waals surface area contributed by atoms with E-state index in [9.17, 15) is 5.11 Å². The predicted octanol–water partition coefficient (Wildman–Crippen LogP) is 2.97. The molecule has 0 amide bonds. The number of aliphatic hydroxyl groups excluding tert-OH is 1. The first-order valence-electron chi connectivity index (χ1n) is 6.24. The van der Waals surface area contributed by atoms with Gasteiger partial charge in [0, 0.05) is 28.3 Å². The Morgan fingerprint density at radius 3 is 2.83 bits per heavy atom. The maximum Gasteiger partial charge on any atom is 0.0839 e. The summed E-state index contributed by atoms with van der Waals surface area (Å²) in [7, 11) is 0. The van der Waals surface area contributed by atoms with Gasteiger partial charge in [0.05, 0.1) is 6.10 Å². The fourth-order valence-electron chi connectivity index (χ4n) is 2.19. The molecule has 100 valence electrons. The van der Waals surface area contributed by atoms with Crippen LogP contribution >= 0.6 is 27.5 Å². The quantitative estimate of drug-likeness (QED) is 0.869. The molecule has 1 heterocycles. The summed E-state index contributed by atoms with van der Waals surface area (Å²) in [5.41, 5.74) is 0.919. The van der Waals surface area contributed by atoms with Crippen molar-refractivity contribution in [2.75, 3.05) is 31.5 Å². The molecule has 1 aliphatic rings. The Kier molecular flexibility index (Phi) is 5.30. The van der Waals surface area contributed by atoms with Crippen LogP contribution in [0, 0.1) is 0 Å². The van der Waals surface area contributed by atoms with E-state index in [0.29, 0.717) is 11.6 Å². The fourth-order valence-corrected chi connectivity index (χ4v) is 2.75. The monoisotopic (exact) mass is 332 g/mol. The highest BCUT2D eigenvalue weighted by Gasteiger charge is 2.15. The van der Waals surface area contributed by atoms with Crippen molar-refractivity contribution in [2.45, 2.75) is 18.9 Å². The fraction of sp³-hybridized carbons (Fsp3) is 0.538. The first-order chi connectivity index (χ1) is 8.65. The average molecular weight is 334 g/mol. The first kappa shape index (κ1) is 14.1. The van der Waals surface area contributed by atoms with Crippen molar-refractivity contribution in [3.63, 3.8) is 0 Å². The maximum absolute atomic E-state index is 9.98. The van der Waals surface area contributed by atoms with E-state index in [-0.39, 0.29) is 6.10 Å². The zero-order valence-corrected chi connectivity index (χ0v) is 12.5. The second-order valence-electron chi connectivity index (χ2n) is 4.67. The number of hydrogen-bond donors (Lipinski definition) is 2. The standard InChI is InChI=1S/C13H18BrClN2O/c14-12-4-3-10(15)7-13(12)16-8-11(18)9-17-5-1-2-6-17/h3-4,7,11,16,18H,1-2,5-6,8-9H2. The van der Waals surface area contributed by atoms with E-state index in [4.69, 9.17) is 11.6 Å². The Morgan fingerprint density at radius 2 is 2.11 bits per heavy atom. The van der Waals surface area contributed by atoms with Crippen LogP contribution in [0.5, 0.6) is 0 Å². The second-order valence-corrected chi connectivity index (χ2v) is 5.96. The lowest BCUT2D eigenvalue weighted by molar-refractivity contribution is 0.135. The molecule has 1 aliphatic heterocycles. The number of aliphatic hydroxyl groups is 1. The third-order valence-corrected chi connectivity index (χ3v) is 4.05. The van der Waals surface area contributed by atoms with E-state index in [1.54, 1.807) is 0 Å². The van der Waals surface area contributed by atoms with Crippen molar-refractivity contribution in [2.24, 2.45) is 0 Å². The Morgan fingerprint density at radius 1 is 1.39 bits per heavy atom. The normalized spacial score (nSPS) is 17.9. The van der Waals surface area contributed by atoms with Crippen molar-refractivity contribution in [1.82, 2.24) is 4.90 Å². The van der Waals surface area contributed by atoms with Crippen LogP contribution < -0.4 is 5.32 Å². The molecule has 1 fully saturated rings. The molecule has 0 aliphatic carbocycles. The van der Waals surface area contributed by atoms with Gasteiger partial charge in [0.2, 0.25) is 0 Å². The summed E-state index contributed by atoms with van der Waals surface area (Å²) in [6.07, 6.45) is 2.15. The first-order valence-corrected chi connectivity index (χ1v) is 7.41. The highest BCUT2D eigenvalue weighted by molar-refractivity contribution is 9.10. The number of benzene rings is 1. The van der Waals surface area contributed by atoms with Crippen LogP contribution in [0.1, 0.15) is 12.8 Å². The van der Waals surface area contributed by atoms with E-state index in [1.165, 1.54) is 12.8 Å². The smallest absolute Gasteiger partial charge is 0.0839 e. The van der Waals surface area contributed by atoms with Crippen LogP contribution in [0.15, 0.2) is 22.7 Å². The minimum Gasteiger partial charge on any atom is -0.390 e. The molecule has 0 spiro atoms. The van der Waals surface area contributed by atoms with Crippen LogP contribution in [-0.2, 0) is 0 Å². The number of hydrogen-bond acceptors (Lipinski definition) is 3. The van der Waals surface area contributed by atoms with Gasteiger partial charge >= 0.3 is 0 Å². The van der Waals surface area contributed by atoms with Gasteiger partial charge in [-0.05, 0) is 60.1 Å². The molecule has 2 N–H and O–H groups in total. The summed E-state index contributed by atoms with van der Waals surface area (Å²) in [6.45, 7) is 3.50. The number of β-amino-alcohol motifs (C(OH)–C–C–N with tert-alkyl or cyclic N) is 1. The average Bonchev–Trinajstić information content (AvgIpc) is 2.83. The molecule has 1 saturated heterocycles. The van der Waals surface area contributed by atoms with E-state index >= 15 is 0 Å². The summed E-state index contributed by atoms with van der Waals surface area (Å²) >= 11 is 9.39. The summed E-state index contributed by atoms with van der Waals surface area (Å²) < 4.78 is 0.959. The SMILES string of the molecule is OC(CNc1cc(Cl)ccc1Br)CN1CCCC1. The lowest BCUT2D eigenvalue weighted by Crippen LogP contribution is -2.34. The van der Waals surface area contributed by atoms with Gasteiger partial charge in [-0.1, -0.05) is 11.6 Å². The van der Waals surface area contributed by atoms with Crippen molar-refractivity contribution < 1.29 is 5.11 Å². The van der Waals surface area contributed by atoms with Gasteiger partial charge in [-0.25, -0.2) is 0 Å². The summed E-state index contributed by atoms with van der Waals surface area (Å²) in [4.78, 5) is 2.30. The Bertz CT molecular complexity index is 397. The number of halogens is 2. The summed E-state index contributed by atoms with van der Waals surface area (Å²) in [5.74, 6) is 0. The molecule has 1 aromatic rings. The molecule has 0 bridgehead atoms. The molecule has 3 nitrogen and oxygen atoms in total. The number of nitrogens with one attached hydrogen (secondary N) is 1. The number of anilines is 1. The molecular weight excluding hydrogens is 316 g/mol. The minimum absolute atomic E-state index is 0.353. The molecule has 0 aromatic heterocycles. The molecule has 2 rings (SSSR count). The topological polar surface area (TPSA) is 35.5 Å². The largest absolute Gasteiger partial charge is 0.390 e. The zero-order valence-electron chi connectivity index (χ0n) is 10.2. The van der Waals surface area contributed by atoms with Gasteiger partial charge in [0.25, 0.3) is 0 Å². The summed E-state index contributed by atoms with van der Waals surface area (Å²) in [5, 5.41) is 13.9. The Hall–Kier alpha value is -0.290. The molecule has 5 heteroatoms. The third kappa shape index (κ3) is 4.12. The summed E-state index contributed by atoms with van der Waals surface area (Å²) in [6, 6.07) is 5.59. The van der Waals surface area contributed by atoms with Gasteiger partial charge in [-0.15, -0.1) is 0 Å². The van der Waals surface area contributed by atoms with Gasteiger partial charge < -0.3 is 15.3 Å². The van der Waals surface area contributed by atoms with Gasteiger partial charge in [-0.3, -0.25) is 0 Å². The van der Waals surface area contributed by atoms with Crippen LogP contribution in [-0.4, -0.2) is 42.3 Å². The lowest BCUT2D eigenvalue weighted by atomic mass is 10.3. The molecular formula is C13H18BrClN2O. The Balaban J connectivity index is 1.81. The third-order valence-electron chi connectivity index (χ3n) is 3.12. The maximum atomic E-state index is 9.98. The highest BCUT2D eigenvalue weighted by Crippen LogP contribution is 2.25. The minimum atomic E-state index is -0.353. The van der Waals surface area contributed by atoms with Gasteiger partial charge in [0.1, 0.15) is 0 Å². The molecule has 0 saturated carbocycles. The van der Waals surface area contributed by atoms with Crippen molar-refractivity contribution in [1.29, 1.82) is 0 Å². The molecule has 18 heavy (non-hydrogen) atoms. The lowest BCUT2D eigenvalue weighted by Gasteiger charge is -2.20. The molecule has 1 unspecified atom stereocenters. The van der Waals surface area contributed by atoms with Crippen LogP contribution in [0.2, 0.25) is 5.02 Å². The van der Waals surface area contributed by atoms with E-state index in [0.717, 1.165) is 29.8 Å². The van der Waals surface area contributed by atoms with Crippen LogP contribution in [0.4, 0.5) is 5.69 Å². The van der Waals surface area contributed by atoms with Crippen LogP contribution in [0.3, 0.4) is 0 Å². The Labute approximate surface area is 121 Å². The van der Waals surface area contributed by atoms with Crippen molar-refractivity contribution in [3.8, 4) is 0 Å². The van der Waals surface area contributed by atoms with E-state index < -0.39 is 0 Å². The number of rotatable bonds is 5. The van der Waals surface area contributed by atoms with Gasteiger partial charge in [0.15, 0.2) is 0 Å². The highest BCUT2D eigenvalue weighted by atomic mass is 79.9. The zero-order chi connectivity index (χ0) is 13.0. The van der Waals surface area contributed by atoms with Crippen molar-refractivity contribution in [3.05, 3.63) is 27.7 Å². The predicted molar refractivity (Wildman–Crippen MR) is 79.3 cm³/mol. The molecule has 1 aromatic carbocycles. The van der Waals surface area contributed by atoms with E-state index in [1.807, 2.05) is 18.2 Å². The van der Waals surface area contributed by atoms with Crippen LogP contribution in [0.25, 0.3) is 0 Å². The van der Waals surface area contributed by atoms with E-state index in [2.05, 4.69) is 26.1 Å².